The van der Waals surface area contributed by atoms with E-state index in [1.807, 2.05) is 31.2 Å². The van der Waals surface area contributed by atoms with Gasteiger partial charge >= 0.3 is 0 Å². The zero-order valence-electron chi connectivity index (χ0n) is 16.0. The third-order valence-electron chi connectivity index (χ3n) is 4.61. The lowest BCUT2D eigenvalue weighted by Crippen LogP contribution is -2.20. The van der Waals surface area contributed by atoms with E-state index in [9.17, 15) is 4.79 Å². The molecule has 1 heterocycles. The van der Waals surface area contributed by atoms with E-state index in [1.54, 1.807) is 36.4 Å². The number of carbonyl (C=O) groups is 1. The Morgan fingerprint density at radius 2 is 1.79 bits per heavy atom. The van der Waals surface area contributed by atoms with Crippen LogP contribution in [0, 0.1) is 13.8 Å². The van der Waals surface area contributed by atoms with Gasteiger partial charge in [0.2, 0.25) is 5.89 Å². The van der Waals surface area contributed by atoms with Crippen LogP contribution in [0.3, 0.4) is 0 Å². The lowest BCUT2D eigenvalue weighted by molar-refractivity contribution is -0.118. The largest absolute Gasteiger partial charge is 0.482 e. The summed E-state index contributed by atoms with van der Waals surface area (Å²) in [4.78, 5) is 16.7. The van der Waals surface area contributed by atoms with Gasteiger partial charge in [-0.05, 0) is 73.5 Å². The summed E-state index contributed by atoms with van der Waals surface area (Å²) in [5.74, 6) is 0.747. The molecule has 5 nitrogen and oxygen atoms in total. The van der Waals surface area contributed by atoms with Gasteiger partial charge in [0.25, 0.3) is 5.91 Å². The van der Waals surface area contributed by atoms with Crippen molar-refractivity contribution in [2.75, 3.05) is 11.9 Å². The fourth-order valence-corrected chi connectivity index (χ4v) is 3.09. The topological polar surface area (TPSA) is 64.4 Å². The van der Waals surface area contributed by atoms with E-state index in [0.29, 0.717) is 22.4 Å². The number of benzene rings is 3. The molecule has 0 fully saturated rings. The lowest BCUT2D eigenvalue weighted by Gasteiger charge is -2.08. The molecule has 0 atom stereocenters. The van der Waals surface area contributed by atoms with E-state index in [-0.39, 0.29) is 12.5 Å². The molecule has 0 saturated carbocycles. The number of nitrogens with zero attached hydrogens (tertiary/aromatic N) is 1. The molecule has 0 bridgehead atoms. The van der Waals surface area contributed by atoms with Gasteiger partial charge in [0.1, 0.15) is 11.3 Å². The predicted molar refractivity (Wildman–Crippen MR) is 114 cm³/mol. The van der Waals surface area contributed by atoms with Crippen molar-refractivity contribution in [2.24, 2.45) is 0 Å². The predicted octanol–water partition coefficient (Wildman–Crippen LogP) is 5.78. The third kappa shape index (κ3) is 4.25. The van der Waals surface area contributed by atoms with Crippen molar-refractivity contribution in [3.63, 3.8) is 0 Å². The van der Waals surface area contributed by atoms with Crippen LogP contribution in [-0.2, 0) is 4.79 Å². The Labute approximate surface area is 173 Å². The molecule has 0 unspecified atom stereocenters. The molecule has 1 aromatic heterocycles. The van der Waals surface area contributed by atoms with Crippen LogP contribution in [0.25, 0.3) is 22.6 Å². The molecule has 146 valence electrons. The minimum absolute atomic E-state index is 0.130. The van der Waals surface area contributed by atoms with E-state index >= 15 is 0 Å². The van der Waals surface area contributed by atoms with Crippen molar-refractivity contribution >= 4 is 34.3 Å². The summed E-state index contributed by atoms with van der Waals surface area (Å²) in [6.45, 7) is 3.97. The monoisotopic (exact) mass is 406 g/mol. The molecule has 0 aliphatic rings. The maximum Gasteiger partial charge on any atom is 0.262 e. The summed E-state index contributed by atoms with van der Waals surface area (Å²) in [6, 6.07) is 18.4. The average Bonchev–Trinajstić information content (AvgIpc) is 3.11. The van der Waals surface area contributed by atoms with Crippen LogP contribution in [0.4, 0.5) is 5.69 Å². The fourth-order valence-electron chi connectivity index (χ4n) is 2.90. The zero-order valence-corrected chi connectivity index (χ0v) is 16.8. The van der Waals surface area contributed by atoms with E-state index in [0.717, 1.165) is 22.2 Å². The second-order valence-electron chi connectivity index (χ2n) is 6.77. The van der Waals surface area contributed by atoms with Crippen LogP contribution in [0.1, 0.15) is 11.1 Å². The highest BCUT2D eigenvalue weighted by atomic mass is 35.5. The number of hydrogen-bond acceptors (Lipinski definition) is 4. The number of para-hydroxylation sites is 1. The molecule has 0 saturated heterocycles. The zero-order chi connectivity index (χ0) is 20.4. The van der Waals surface area contributed by atoms with Gasteiger partial charge < -0.3 is 14.5 Å². The normalized spacial score (nSPS) is 10.9. The fraction of sp³-hybridized carbons (Fsp3) is 0.130. The number of rotatable bonds is 5. The summed E-state index contributed by atoms with van der Waals surface area (Å²) in [7, 11) is 0. The van der Waals surface area contributed by atoms with Crippen LogP contribution in [0.2, 0.25) is 5.02 Å². The Bertz CT molecular complexity index is 1140. The molecule has 4 aromatic rings. The van der Waals surface area contributed by atoms with Gasteiger partial charge in [-0.1, -0.05) is 23.7 Å². The quantitative estimate of drug-likeness (QED) is 0.456. The second kappa shape index (κ2) is 7.97. The Hall–Kier alpha value is -3.31. The van der Waals surface area contributed by atoms with Crippen molar-refractivity contribution in [3.8, 4) is 17.2 Å². The van der Waals surface area contributed by atoms with Crippen LogP contribution >= 0.6 is 11.6 Å². The maximum absolute atomic E-state index is 12.1. The summed E-state index contributed by atoms with van der Waals surface area (Å²) < 4.78 is 11.3. The molecule has 0 spiro atoms. The van der Waals surface area contributed by atoms with E-state index in [4.69, 9.17) is 20.8 Å². The van der Waals surface area contributed by atoms with Crippen molar-refractivity contribution in [3.05, 3.63) is 76.8 Å². The van der Waals surface area contributed by atoms with E-state index in [2.05, 4.69) is 17.2 Å². The van der Waals surface area contributed by atoms with Gasteiger partial charge in [0.15, 0.2) is 12.2 Å². The number of aromatic nitrogens is 1. The highest BCUT2D eigenvalue weighted by Crippen LogP contribution is 2.27. The number of nitrogens with one attached hydrogen (secondary N) is 1. The molecule has 6 heteroatoms. The number of anilines is 1. The first-order chi connectivity index (χ1) is 14.0. The van der Waals surface area contributed by atoms with Crippen LogP contribution in [-0.4, -0.2) is 17.5 Å². The Morgan fingerprint density at radius 3 is 2.55 bits per heavy atom. The molecule has 1 amide bonds. The van der Waals surface area contributed by atoms with Gasteiger partial charge in [-0.3, -0.25) is 4.79 Å². The van der Waals surface area contributed by atoms with Crippen molar-refractivity contribution < 1.29 is 13.9 Å². The number of ether oxygens (including phenoxy) is 1. The van der Waals surface area contributed by atoms with Crippen LogP contribution in [0.15, 0.2) is 65.1 Å². The van der Waals surface area contributed by atoms with Gasteiger partial charge in [-0.25, -0.2) is 4.98 Å². The molecule has 0 radical (unpaired) electrons. The summed E-state index contributed by atoms with van der Waals surface area (Å²) in [6.07, 6.45) is 0. The Kier molecular flexibility index (Phi) is 5.23. The molecule has 0 aliphatic heterocycles. The molecular weight excluding hydrogens is 388 g/mol. The smallest absolute Gasteiger partial charge is 0.262 e. The Balaban J connectivity index is 1.42. The first kappa shape index (κ1) is 19.0. The lowest BCUT2D eigenvalue weighted by atomic mass is 10.1. The van der Waals surface area contributed by atoms with Crippen molar-refractivity contribution in [1.29, 1.82) is 0 Å². The molecular formula is C23H19ClN2O3. The standard InChI is InChI=1S/C23H19ClN2O3/c1-14-11-19-21(12-15(14)2)29-23(26-19)16-7-9-17(10-8-16)25-22(27)13-28-20-6-4-3-5-18(20)24/h3-12H,13H2,1-2H3,(H,25,27). The number of fused-ring (bicyclic) bond motifs is 1. The number of halogens is 1. The highest BCUT2D eigenvalue weighted by molar-refractivity contribution is 6.32. The van der Waals surface area contributed by atoms with Gasteiger partial charge in [0.05, 0.1) is 5.02 Å². The third-order valence-corrected chi connectivity index (χ3v) is 4.93. The number of carbonyl (C=O) groups excluding carboxylic acids is 1. The molecule has 3 aromatic carbocycles. The van der Waals surface area contributed by atoms with E-state index < -0.39 is 0 Å². The van der Waals surface area contributed by atoms with Gasteiger partial charge in [-0.2, -0.15) is 0 Å². The minimum atomic E-state index is -0.273. The summed E-state index contributed by atoms with van der Waals surface area (Å²) in [5.41, 5.74) is 5.42. The van der Waals surface area contributed by atoms with Crippen molar-refractivity contribution in [2.45, 2.75) is 13.8 Å². The maximum atomic E-state index is 12.1. The van der Waals surface area contributed by atoms with E-state index in [1.165, 1.54) is 5.56 Å². The highest BCUT2D eigenvalue weighted by Gasteiger charge is 2.11. The van der Waals surface area contributed by atoms with Gasteiger partial charge in [-0.15, -0.1) is 0 Å². The minimum Gasteiger partial charge on any atom is -0.482 e. The summed E-state index contributed by atoms with van der Waals surface area (Å²) in [5, 5.41) is 3.26. The first-order valence-corrected chi connectivity index (χ1v) is 9.53. The summed E-state index contributed by atoms with van der Waals surface area (Å²) >= 11 is 6.02. The molecule has 4 rings (SSSR count). The molecule has 29 heavy (non-hydrogen) atoms. The van der Waals surface area contributed by atoms with Crippen molar-refractivity contribution in [1.82, 2.24) is 4.98 Å². The second-order valence-corrected chi connectivity index (χ2v) is 7.18. The Morgan fingerprint density at radius 1 is 1.07 bits per heavy atom. The van der Waals surface area contributed by atoms with Gasteiger partial charge in [0, 0.05) is 11.3 Å². The molecule has 0 aliphatic carbocycles. The molecule has 1 N–H and O–H groups in total. The first-order valence-electron chi connectivity index (χ1n) is 9.15. The number of oxazole rings is 1. The number of aryl methyl sites for hydroxylation is 2. The average molecular weight is 407 g/mol. The van der Waals surface area contributed by atoms with Crippen LogP contribution in [0.5, 0.6) is 5.75 Å². The number of amides is 1. The SMILES string of the molecule is Cc1cc2nc(-c3ccc(NC(=O)COc4ccccc4Cl)cc3)oc2cc1C. The number of hydrogen-bond donors (Lipinski definition) is 1. The van der Waals surface area contributed by atoms with Crippen LogP contribution < -0.4 is 10.1 Å².